The molecule has 0 aliphatic heterocycles. The van der Waals surface area contributed by atoms with Crippen LogP contribution < -0.4 is 15.7 Å². The molecule has 3 aromatic rings. The van der Waals surface area contributed by atoms with Crippen LogP contribution in [0.25, 0.3) is 11.0 Å². The molecule has 0 aliphatic carbocycles. The van der Waals surface area contributed by atoms with Crippen LogP contribution in [0.5, 0.6) is 5.75 Å². The molecule has 7 heteroatoms. The lowest BCUT2D eigenvalue weighted by molar-refractivity contribution is -0.133. The SMILES string of the molecule is CCCc1c(C)c2ccc(OC(=O)CNC(=O)OCc3ccccc3)cc2oc1=O. The number of alkyl carbamates (subject to hydrolysis) is 1. The molecule has 0 saturated carbocycles. The number of aryl methyl sites for hydroxylation is 1. The molecule has 2 aromatic carbocycles. The van der Waals surface area contributed by atoms with Gasteiger partial charge in [0.25, 0.3) is 0 Å². The van der Waals surface area contributed by atoms with Gasteiger partial charge in [-0.3, -0.25) is 0 Å². The molecule has 0 bridgehead atoms. The highest BCUT2D eigenvalue weighted by Crippen LogP contribution is 2.24. The van der Waals surface area contributed by atoms with E-state index in [4.69, 9.17) is 13.9 Å². The van der Waals surface area contributed by atoms with Crippen molar-refractivity contribution in [1.82, 2.24) is 5.32 Å². The van der Waals surface area contributed by atoms with Gasteiger partial charge in [-0.2, -0.15) is 0 Å². The normalized spacial score (nSPS) is 10.6. The summed E-state index contributed by atoms with van der Waals surface area (Å²) in [4.78, 5) is 35.9. The Kier molecular flexibility index (Phi) is 6.85. The van der Waals surface area contributed by atoms with E-state index in [0.29, 0.717) is 17.6 Å². The standard InChI is InChI=1S/C23H23NO6/c1-3-7-19-15(2)18-11-10-17(12-20(18)30-22(19)26)29-21(25)13-24-23(27)28-14-16-8-5-4-6-9-16/h4-6,8-12H,3,7,13-14H2,1-2H3,(H,24,27). The van der Waals surface area contributed by atoms with E-state index in [2.05, 4.69) is 5.32 Å². The lowest BCUT2D eigenvalue weighted by Gasteiger charge is -2.09. The third kappa shape index (κ3) is 5.26. The van der Waals surface area contributed by atoms with Crippen LogP contribution in [-0.4, -0.2) is 18.6 Å². The van der Waals surface area contributed by atoms with Crippen LogP contribution in [0.2, 0.25) is 0 Å². The largest absolute Gasteiger partial charge is 0.445 e. The average Bonchev–Trinajstić information content (AvgIpc) is 2.74. The van der Waals surface area contributed by atoms with Crippen molar-refractivity contribution >= 4 is 23.0 Å². The average molecular weight is 409 g/mol. The van der Waals surface area contributed by atoms with Crippen molar-refractivity contribution in [2.75, 3.05) is 6.54 Å². The quantitative estimate of drug-likeness (QED) is 0.361. The monoisotopic (exact) mass is 409 g/mol. The van der Waals surface area contributed by atoms with Gasteiger partial charge in [0.05, 0.1) is 0 Å². The van der Waals surface area contributed by atoms with Crippen molar-refractivity contribution in [3.63, 3.8) is 0 Å². The molecule has 1 aromatic heterocycles. The van der Waals surface area contributed by atoms with Gasteiger partial charge in [0.15, 0.2) is 0 Å². The van der Waals surface area contributed by atoms with Gasteiger partial charge in [-0.15, -0.1) is 0 Å². The maximum atomic E-state index is 12.2. The summed E-state index contributed by atoms with van der Waals surface area (Å²) < 4.78 is 15.6. The third-order valence-electron chi connectivity index (χ3n) is 4.58. The van der Waals surface area contributed by atoms with Crippen LogP contribution in [0, 0.1) is 6.92 Å². The third-order valence-corrected chi connectivity index (χ3v) is 4.58. The van der Waals surface area contributed by atoms with Gasteiger partial charge in [0.1, 0.15) is 24.5 Å². The summed E-state index contributed by atoms with van der Waals surface area (Å²) in [6, 6.07) is 14.1. The number of benzene rings is 2. The van der Waals surface area contributed by atoms with E-state index >= 15 is 0 Å². The predicted octanol–water partition coefficient (Wildman–Crippen LogP) is 3.89. The van der Waals surface area contributed by atoms with Crippen molar-refractivity contribution < 1.29 is 23.5 Å². The summed E-state index contributed by atoms with van der Waals surface area (Å²) in [6.07, 6.45) is 0.764. The fourth-order valence-corrected chi connectivity index (χ4v) is 3.06. The molecule has 30 heavy (non-hydrogen) atoms. The molecule has 3 rings (SSSR count). The highest BCUT2D eigenvalue weighted by molar-refractivity contribution is 5.84. The molecule has 1 heterocycles. The Bertz CT molecular complexity index is 1100. The molecular weight excluding hydrogens is 386 g/mol. The van der Waals surface area contributed by atoms with Crippen LogP contribution in [0.15, 0.2) is 57.7 Å². The van der Waals surface area contributed by atoms with Gasteiger partial charge in [0, 0.05) is 17.0 Å². The van der Waals surface area contributed by atoms with Crippen LogP contribution in [0.1, 0.15) is 30.0 Å². The maximum absolute atomic E-state index is 12.2. The van der Waals surface area contributed by atoms with E-state index in [1.807, 2.05) is 44.2 Å². The highest BCUT2D eigenvalue weighted by Gasteiger charge is 2.13. The van der Waals surface area contributed by atoms with E-state index in [9.17, 15) is 14.4 Å². The van der Waals surface area contributed by atoms with Gasteiger partial charge >= 0.3 is 17.7 Å². The number of hydrogen-bond acceptors (Lipinski definition) is 6. The summed E-state index contributed by atoms with van der Waals surface area (Å²) in [5.74, 6) is -0.453. The second-order valence-corrected chi connectivity index (χ2v) is 6.79. The van der Waals surface area contributed by atoms with Gasteiger partial charge in [-0.25, -0.2) is 14.4 Å². The fourth-order valence-electron chi connectivity index (χ4n) is 3.06. The predicted molar refractivity (Wildman–Crippen MR) is 111 cm³/mol. The topological polar surface area (TPSA) is 94.8 Å². The van der Waals surface area contributed by atoms with Gasteiger partial charge < -0.3 is 19.2 Å². The Labute approximate surface area is 173 Å². The van der Waals surface area contributed by atoms with Crippen LogP contribution in [0.4, 0.5) is 4.79 Å². The Morgan fingerprint density at radius 3 is 2.60 bits per heavy atom. The second kappa shape index (κ2) is 9.73. The first kappa shape index (κ1) is 21.1. The first-order valence-electron chi connectivity index (χ1n) is 9.69. The minimum absolute atomic E-state index is 0.102. The number of rotatable bonds is 7. The summed E-state index contributed by atoms with van der Waals surface area (Å²) in [5, 5.41) is 3.13. The van der Waals surface area contributed by atoms with Crippen molar-refractivity contribution in [1.29, 1.82) is 0 Å². The maximum Gasteiger partial charge on any atom is 0.407 e. The molecule has 0 fully saturated rings. The Morgan fingerprint density at radius 2 is 1.87 bits per heavy atom. The number of carbonyl (C=O) groups excluding carboxylic acids is 2. The molecule has 0 radical (unpaired) electrons. The lowest BCUT2D eigenvalue weighted by atomic mass is 10.0. The molecule has 0 atom stereocenters. The molecule has 156 valence electrons. The molecular formula is C23H23NO6. The molecule has 7 nitrogen and oxygen atoms in total. The highest BCUT2D eigenvalue weighted by atomic mass is 16.6. The summed E-state index contributed by atoms with van der Waals surface area (Å²) in [7, 11) is 0. The van der Waals surface area contributed by atoms with E-state index in [0.717, 1.165) is 22.9 Å². The van der Waals surface area contributed by atoms with E-state index < -0.39 is 12.1 Å². The minimum atomic E-state index is -0.723. The number of amides is 1. The van der Waals surface area contributed by atoms with Gasteiger partial charge in [0.2, 0.25) is 0 Å². The summed E-state index contributed by atoms with van der Waals surface area (Å²) >= 11 is 0. The van der Waals surface area contributed by atoms with Crippen LogP contribution in [-0.2, 0) is 22.6 Å². The first-order chi connectivity index (χ1) is 14.5. The van der Waals surface area contributed by atoms with Crippen LogP contribution >= 0.6 is 0 Å². The number of fused-ring (bicyclic) bond motifs is 1. The molecule has 0 saturated heterocycles. The van der Waals surface area contributed by atoms with Crippen LogP contribution in [0.3, 0.4) is 0 Å². The lowest BCUT2D eigenvalue weighted by Crippen LogP contribution is -2.32. The smallest absolute Gasteiger partial charge is 0.407 e. The van der Waals surface area contributed by atoms with Crippen molar-refractivity contribution in [3.8, 4) is 5.75 Å². The molecule has 0 unspecified atom stereocenters. The number of hydrogen-bond donors (Lipinski definition) is 1. The molecule has 0 spiro atoms. The van der Waals surface area contributed by atoms with Crippen molar-refractivity contribution in [2.45, 2.75) is 33.3 Å². The van der Waals surface area contributed by atoms with E-state index in [1.165, 1.54) is 6.07 Å². The number of ether oxygens (including phenoxy) is 2. The molecule has 0 aliphatic rings. The van der Waals surface area contributed by atoms with Gasteiger partial charge in [-0.1, -0.05) is 43.7 Å². The van der Waals surface area contributed by atoms with Crippen molar-refractivity contribution in [3.05, 3.63) is 75.6 Å². The second-order valence-electron chi connectivity index (χ2n) is 6.79. The minimum Gasteiger partial charge on any atom is -0.445 e. The fraction of sp³-hybridized carbons (Fsp3) is 0.261. The zero-order valence-corrected chi connectivity index (χ0v) is 16.9. The van der Waals surface area contributed by atoms with Gasteiger partial charge in [-0.05, 0) is 36.6 Å². The van der Waals surface area contributed by atoms with Crippen molar-refractivity contribution in [2.24, 2.45) is 0 Å². The zero-order chi connectivity index (χ0) is 21.5. The summed E-state index contributed by atoms with van der Waals surface area (Å²) in [6.45, 7) is 3.62. The first-order valence-corrected chi connectivity index (χ1v) is 9.69. The Balaban J connectivity index is 1.57. The summed E-state index contributed by atoms with van der Waals surface area (Å²) in [5.41, 5.74) is 2.33. The number of esters is 1. The van der Waals surface area contributed by atoms with E-state index in [-0.39, 0.29) is 24.5 Å². The molecule has 1 N–H and O–H groups in total. The molecule has 1 amide bonds. The Morgan fingerprint density at radius 1 is 1.10 bits per heavy atom. The van der Waals surface area contributed by atoms with E-state index in [1.54, 1.807) is 12.1 Å². The number of carbonyl (C=O) groups is 2. The zero-order valence-electron chi connectivity index (χ0n) is 16.9. The number of nitrogens with one attached hydrogen (secondary N) is 1. The Hall–Kier alpha value is -3.61.